The molecule has 1 aliphatic rings. The second kappa shape index (κ2) is 7.76. The van der Waals surface area contributed by atoms with Gasteiger partial charge in [-0.1, -0.05) is 6.92 Å². The molecule has 0 spiro atoms. The van der Waals surface area contributed by atoms with E-state index in [2.05, 4.69) is 10.3 Å². The van der Waals surface area contributed by atoms with E-state index in [1.165, 1.54) is 6.42 Å². The largest absolute Gasteiger partial charge is 0.339 e. The second-order valence-electron chi connectivity index (χ2n) is 6.63. The minimum absolute atomic E-state index is 0.0463. The molecule has 3 amide bonds. The van der Waals surface area contributed by atoms with Crippen molar-refractivity contribution in [3.63, 3.8) is 0 Å². The Morgan fingerprint density at radius 2 is 1.92 bits per heavy atom. The van der Waals surface area contributed by atoms with Crippen molar-refractivity contribution in [1.29, 1.82) is 0 Å². The summed E-state index contributed by atoms with van der Waals surface area (Å²) >= 11 is 0. The van der Waals surface area contributed by atoms with E-state index in [9.17, 15) is 9.59 Å². The SMILES string of the molecule is CCNC(=O)N(C)c1c(CC)nc2ccc(C(=O)N3CCCCC3)cn12. The van der Waals surface area contributed by atoms with Crippen molar-refractivity contribution in [3.8, 4) is 0 Å². The highest BCUT2D eigenvalue weighted by atomic mass is 16.2. The van der Waals surface area contributed by atoms with Gasteiger partial charge in [0.2, 0.25) is 0 Å². The molecule has 7 nitrogen and oxygen atoms in total. The maximum atomic E-state index is 12.8. The minimum atomic E-state index is -0.184. The van der Waals surface area contributed by atoms with E-state index in [1.807, 2.05) is 41.5 Å². The molecule has 3 rings (SSSR count). The number of carbonyl (C=O) groups excluding carboxylic acids is 2. The second-order valence-corrected chi connectivity index (χ2v) is 6.63. The molecule has 2 aromatic heterocycles. The van der Waals surface area contributed by atoms with E-state index in [0.717, 1.165) is 37.3 Å². The Balaban J connectivity index is 2.00. The Morgan fingerprint density at radius 3 is 2.58 bits per heavy atom. The Kier molecular flexibility index (Phi) is 5.44. The van der Waals surface area contributed by atoms with Gasteiger partial charge in [0.25, 0.3) is 5.91 Å². The molecule has 1 saturated heterocycles. The average Bonchev–Trinajstić information content (AvgIpc) is 3.05. The van der Waals surface area contributed by atoms with Crippen LogP contribution >= 0.6 is 0 Å². The van der Waals surface area contributed by atoms with Crippen LogP contribution in [0.2, 0.25) is 0 Å². The fourth-order valence-corrected chi connectivity index (χ4v) is 3.45. The van der Waals surface area contributed by atoms with E-state index in [-0.39, 0.29) is 11.9 Å². The maximum Gasteiger partial charge on any atom is 0.322 e. The van der Waals surface area contributed by atoms with E-state index in [4.69, 9.17) is 0 Å². The summed E-state index contributed by atoms with van der Waals surface area (Å²) in [5, 5.41) is 2.81. The first-order valence-corrected chi connectivity index (χ1v) is 9.38. The smallest absolute Gasteiger partial charge is 0.322 e. The highest BCUT2D eigenvalue weighted by Gasteiger charge is 2.22. The highest BCUT2D eigenvalue weighted by molar-refractivity contribution is 5.95. The van der Waals surface area contributed by atoms with E-state index < -0.39 is 0 Å². The summed E-state index contributed by atoms with van der Waals surface area (Å²) < 4.78 is 1.85. The first-order valence-electron chi connectivity index (χ1n) is 9.38. The lowest BCUT2D eigenvalue weighted by atomic mass is 10.1. The summed E-state index contributed by atoms with van der Waals surface area (Å²) in [5.74, 6) is 0.756. The lowest BCUT2D eigenvalue weighted by Crippen LogP contribution is -2.38. The maximum absolute atomic E-state index is 12.8. The molecule has 0 saturated carbocycles. The van der Waals surface area contributed by atoms with Crippen LogP contribution in [-0.4, -0.2) is 52.9 Å². The normalized spacial score (nSPS) is 14.5. The molecule has 140 valence electrons. The first-order chi connectivity index (χ1) is 12.6. The molecule has 26 heavy (non-hydrogen) atoms. The number of anilines is 1. The number of amides is 3. The zero-order valence-electron chi connectivity index (χ0n) is 15.8. The number of aryl methyl sites for hydroxylation is 1. The van der Waals surface area contributed by atoms with Gasteiger partial charge in [0, 0.05) is 32.9 Å². The Hall–Kier alpha value is -2.57. The van der Waals surface area contributed by atoms with E-state index in [0.29, 0.717) is 24.3 Å². The van der Waals surface area contributed by atoms with Crippen molar-refractivity contribution < 1.29 is 9.59 Å². The van der Waals surface area contributed by atoms with Crippen LogP contribution in [-0.2, 0) is 6.42 Å². The van der Waals surface area contributed by atoms with Crippen molar-refractivity contribution in [3.05, 3.63) is 29.6 Å². The number of hydrogen-bond acceptors (Lipinski definition) is 3. The molecule has 0 bridgehead atoms. The third-order valence-electron chi connectivity index (χ3n) is 4.84. The van der Waals surface area contributed by atoms with Crippen LogP contribution in [0.25, 0.3) is 5.65 Å². The monoisotopic (exact) mass is 357 g/mol. The molecule has 7 heteroatoms. The number of nitrogens with one attached hydrogen (secondary N) is 1. The molecule has 0 atom stereocenters. The number of nitrogens with zero attached hydrogens (tertiary/aromatic N) is 4. The van der Waals surface area contributed by atoms with Gasteiger partial charge in [0.1, 0.15) is 11.5 Å². The Morgan fingerprint density at radius 1 is 1.19 bits per heavy atom. The summed E-state index contributed by atoms with van der Waals surface area (Å²) in [7, 11) is 1.73. The predicted octanol–water partition coefficient (Wildman–Crippen LogP) is 2.69. The topological polar surface area (TPSA) is 70.0 Å². The quantitative estimate of drug-likeness (QED) is 0.915. The Labute approximate surface area is 154 Å². The third-order valence-corrected chi connectivity index (χ3v) is 4.84. The number of pyridine rings is 1. The number of fused-ring (bicyclic) bond motifs is 1. The summed E-state index contributed by atoms with van der Waals surface area (Å²) in [6.45, 7) is 6.08. The van der Waals surface area contributed by atoms with Gasteiger partial charge in [-0.3, -0.25) is 14.1 Å². The molecule has 1 fully saturated rings. The molecule has 1 N–H and O–H groups in total. The van der Waals surface area contributed by atoms with E-state index in [1.54, 1.807) is 11.9 Å². The molecule has 2 aromatic rings. The van der Waals surface area contributed by atoms with Gasteiger partial charge < -0.3 is 10.2 Å². The minimum Gasteiger partial charge on any atom is -0.339 e. The van der Waals surface area contributed by atoms with Crippen molar-refractivity contribution in [2.75, 3.05) is 31.6 Å². The lowest BCUT2D eigenvalue weighted by Gasteiger charge is -2.26. The number of hydrogen-bond donors (Lipinski definition) is 1. The molecule has 3 heterocycles. The van der Waals surface area contributed by atoms with Crippen LogP contribution < -0.4 is 10.2 Å². The molecule has 1 aliphatic heterocycles. The first kappa shape index (κ1) is 18.2. The van der Waals surface area contributed by atoms with Crippen molar-refractivity contribution >= 4 is 23.4 Å². The summed E-state index contributed by atoms with van der Waals surface area (Å²) in [6.07, 6.45) is 5.82. The number of imidazole rings is 1. The highest BCUT2D eigenvalue weighted by Crippen LogP contribution is 2.24. The summed E-state index contributed by atoms with van der Waals surface area (Å²) in [6, 6.07) is 3.50. The van der Waals surface area contributed by atoms with Crippen LogP contribution in [0.5, 0.6) is 0 Å². The van der Waals surface area contributed by atoms with Crippen molar-refractivity contribution in [2.24, 2.45) is 0 Å². The standard InChI is InChI=1S/C19H27N5O2/c1-4-15-17(22(3)19(26)20-5-2)24-13-14(9-10-16(24)21-15)18(25)23-11-7-6-8-12-23/h9-10,13H,4-8,11-12H2,1-3H3,(H,20,26). The number of piperidine rings is 1. The zero-order valence-corrected chi connectivity index (χ0v) is 15.8. The van der Waals surface area contributed by atoms with Gasteiger partial charge in [0.05, 0.1) is 11.3 Å². The molecule has 0 unspecified atom stereocenters. The van der Waals surface area contributed by atoms with Crippen LogP contribution in [0.4, 0.5) is 10.6 Å². The fourth-order valence-electron chi connectivity index (χ4n) is 3.45. The number of rotatable bonds is 4. The third kappa shape index (κ3) is 3.38. The van der Waals surface area contributed by atoms with Crippen LogP contribution in [0, 0.1) is 0 Å². The molecular formula is C19H27N5O2. The molecule has 0 aliphatic carbocycles. The van der Waals surface area contributed by atoms with Crippen LogP contribution in [0.3, 0.4) is 0 Å². The number of likely N-dealkylation sites (tertiary alicyclic amines) is 1. The fraction of sp³-hybridized carbons (Fsp3) is 0.526. The average molecular weight is 357 g/mol. The van der Waals surface area contributed by atoms with Crippen LogP contribution in [0.15, 0.2) is 18.3 Å². The van der Waals surface area contributed by atoms with Crippen LogP contribution in [0.1, 0.15) is 49.2 Å². The van der Waals surface area contributed by atoms with Crippen molar-refractivity contribution in [2.45, 2.75) is 39.5 Å². The number of aromatic nitrogens is 2. The van der Waals surface area contributed by atoms with Crippen molar-refractivity contribution in [1.82, 2.24) is 19.6 Å². The van der Waals surface area contributed by atoms with Gasteiger partial charge in [-0.15, -0.1) is 0 Å². The lowest BCUT2D eigenvalue weighted by molar-refractivity contribution is 0.0724. The van der Waals surface area contributed by atoms with Gasteiger partial charge >= 0.3 is 6.03 Å². The van der Waals surface area contributed by atoms with Gasteiger partial charge in [-0.05, 0) is 44.7 Å². The predicted molar refractivity (Wildman–Crippen MR) is 102 cm³/mol. The Bertz CT molecular complexity index is 808. The van der Waals surface area contributed by atoms with Gasteiger partial charge in [-0.2, -0.15) is 0 Å². The molecular weight excluding hydrogens is 330 g/mol. The van der Waals surface area contributed by atoms with E-state index >= 15 is 0 Å². The number of carbonyl (C=O) groups is 2. The van der Waals surface area contributed by atoms with Gasteiger partial charge in [-0.25, -0.2) is 9.78 Å². The molecule has 0 radical (unpaired) electrons. The zero-order chi connectivity index (χ0) is 18.7. The summed E-state index contributed by atoms with van der Waals surface area (Å²) in [4.78, 5) is 33.3. The van der Waals surface area contributed by atoms with Gasteiger partial charge in [0.15, 0.2) is 0 Å². The molecule has 0 aromatic carbocycles. The number of urea groups is 1. The summed E-state index contributed by atoms with van der Waals surface area (Å²) in [5.41, 5.74) is 2.20.